The van der Waals surface area contributed by atoms with Gasteiger partial charge in [-0.15, -0.1) is 0 Å². The summed E-state index contributed by atoms with van der Waals surface area (Å²) in [6.45, 7) is 6.23. The minimum Gasteiger partial charge on any atom is -0.462 e. The summed E-state index contributed by atoms with van der Waals surface area (Å²) in [7, 11) is 0. The van der Waals surface area contributed by atoms with E-state index >= 15 is 0 Å². The Morgan fingerprint density at radius 2 is 0.678 bits per heavy atom. The van der Waals surface area contributed by atoms with Crippen molar-refractivity contribution in [2.24, 2.45) is 0 Å². The van der Waals surface area contributed by atoms with Crippen molar-refractivity contribution in [3.05, 3.63) is 109 Å². The molecular weight excluding hydrogens is 733 g/mol. The molecule has 59 heavy (non-hydrogen) atoms. The topological polar surface area (TPSA) is 78.9 Å². The maximum atomic E-state index is 12.7. The molecule has 0 radical (unpaired) electrons. The zero-order valence-corrected chi connectivity index (χ0v) is 37.7. The number of esters is 3. The van der Waals surface area contributed by atoms with Crippen molar-refractivity contribution in [3.8, 4) is 0 Å². The summed E-state index contributed by atoms with van der Waals surface area (Å²) in [5, 5.41) is 0. The number of unbranched alkanes of at least 4 members (excludes halogenated alkanes) is 18. The van der Waals surface area contributed by atoms with Crippen LogP contribution < -0.4 is 0 Å². The van der Waals surface area contributed by atoms with E-state index in [4.69, 9.17) is 14.2 Å². The van der Waals surface area contributed by atoms with Crippen LogP contribution in [0.2, 0.25) is 0 Å². The van der Waals surface area contributed by atoms with Crippen LogP contribution in [-0.2, 0) is 28.6 Å². The third kappa shape index (κ3) is 45.0. The Balaban J connectivity index is 4.55. The van der Waals surface area contributed by atoms with Crippen LogP contribution in [0.15, 0.2) is 109 Å². The van der Waals surface area contributed by atoms with Crippen molar-refractivity contribution >= 4 is 17.9 Å². The molecule has 6 heteroatoms. The molecule has 0 aromatic rings. The van der Waals surface area contributed by atoms with E-state index in [0.29, 0.717) is 19.3 Å². The molecule has 0 saturated carbocycles. The highest BCUT2D eigenvalue weighted by Crippen LogP contribution is 2.14. The smallest absolute Gasteiger partial charge is 0.306 e. The number of carbonyl (C=O) groups excluding carboxylic acids is 3. The highest BCUT2D eigenvalue weighted by atomic mass is 16.6. The second-order valence-corrected chi connectivity index (χ2v) is 15.1. The highest BCUT2D eigenvalue weighted by Gasteiger charge is 2.19. The number of allylic oxidation sites excluding steroid dienone is 18. The molecule has 0 saturated heterocycles. The summed E-state index contributed by atoms with van der Waals surface area (Å²) in [6, 6.07) is 0. The lowest BCUT2D eigenvalue weighted by Gasteiger charge is -2.18. The summed E-state index contributed by atoms with van der Waals surface area (Å²) in [5.41, 5.74) is 0. The second kappa shape index (κ2) is 46.8. The van der Waals surface area contributed by atoms with Crippen LogP contribution in [0.5, 0.6) is 0 Å². The number of carbonyl (C=O) groups is 3. The molecule has 0 N–H and O–H groups in total. The quantitative estimate of drug-likeness (QED) is 0.0265. The van der Waals surface area contributed by atoms with Crippen LogP contribution in [0, 0.1) is 0 Å². The van der Waals surface area contributed by atoms with Crippen molar-refractivity contribution < 1.29 is 28.6 Å². The van der Waals surface area contributed by atoms with Crippen LogP contribution in [0.1, 0.15) is 188 Å². The molecule has 0 aliphatic heterocycles. The van der Waals surface area contributed by atoms with E-state index in [1.807, 2.05) is 91.1 Å². The maximum Gasteiger partial charge on any atom is 0.306 e. The predicted octanol–water partition coefficient (Wildman–Crippen LogP) is 15.2. The van der Waals surface area contributed by atoms with Crippen molar-refractivity contribution in [1.82, 2.24) is 0 Å². The van der Waals surface area contributed by atoms with E-state index in [1.54, 1.807) is 0 Å². The van der Waals surface area contributed by atoms with Gasteiger partial charge in [-0.2, -0.15) is 0 Å². The Bertz CT molecular complexity index is 1260. The fourth-order valence-electron chi connectivity index (χ4n) is 6.01. The van der Waals surface area contributed by atoms with E-state index in [9.17, 15) is 14.4 Å². The van der Waals surface area contributed by atoms with Gasteiger partial charge in [0.05, 0.1) is 0 Å². The fourth-order valence-corrected chi connectivity index (χ4v) is 6.01. The molecule has 0 heterocycles. The van der Waals surface area contributed by atoms with Gasteiger partial charge >= 0.3 is 17.9 Å². The van der Waals surface area contributed by atoms with Gasteiger partial charge in [-0.1, -0.05) is 226 Å². The van der Waals surface area contributed by atoms with Crippen molar-refractivity contribution in [3.63, 3.8) is 0 Å². The van der Waals surface area contributed by atoms with Gasteiger partial charge < -0.3 is 14.2 Å². The SMILES string of the molecule is CC/C=C/C=C/C=C/C=C/C=C/CCCC(=O)OC(COC(=O)CCCCC/C=C/C=C/C=C/C=C/CC)COC(=O)CCCCCCCCCCCCCCCCC. The van der Waals surface area contributed by atoms with E-state index in [2.05, 4.69) is 39.0 Å². The van der Waals surface area contributed by atoms with E-state index < -0.39 is 12.1 Å². The summed E-state index contributed by atoms with van der Waals surface area (Å²) in [4.78, 5) is 37.8. The van der Waals surface area contributed by atoms with Crippen LogP contribution >= 0.6 is 0 Å². The van der Waals surface area contributed by atoms with Gasteiger partial charge in [-0.25, -0.2) is 0 Å². The summed E-state index contributed by atoms with van der Waals surface area (Å²) in [6.07, 6.45) is 62.2. The minimum atomic E-state index is -0.830. The maximum absolute atomic E-state index is 12.7. The Morgan fingerprint density at radius 1 is 0.356 bits per heavy atom. The van der Waals surface area contributed by atoms with Crippen molar-refractivity contribution in [1.29, 1.82) is 0 Å². The van der Waals surface area contributed by atoms with Gasteiger partial charge in [0.25, 0.3) is 0 Å². The Kier molecular flexibility index (Phi) is 43.6. The minimum absolute atomic E-state index is 0.120. The third-order valence-electron chi connectivity index (χ3n) is 9.50. The molecule has 0 fully saturated rings. The summed E-state index contributed by atoms with van der Waals surface area (Å²) >= 11 is 0. The molecule has 0 rings (SSSR count). The number of rotatable bonds is 40. The molecule has 0 amide bonds. The first kappa shape index (κ1) is 55.1. The zero-order chi connectivity index (χ0) is 43.0. The monoisotopic (exact) mass is 817 g/mol. The molecule has 0 aliphatic carbocycles. The summed E-state index contributed by atoms with van der Waals surface area (Å²) < 4.78 is 16.6. The molecule has 0 spiro atoms. The molecule has 1 atom stereocenters. The number of hydrogen-bond donors (Lipinski definition) is 0. The molecule has 6 nitrogen and oxygen atoms in total. The van der Waals surface area contributed by atoms with Crippen LogP contribution in [-0.4, -0.2) is 37.2 Å². The lowest BCUT2D eigenvalue weighted by Crippen LogP contribution is -2.30. The predicted molar refractivity (Wildman–Crippen MR) is 251 cm³/mol. The van der Waals surface area contributed by atoms with E-state index in [1.165, 1.54) is 77.0 Å². The van der Waals surface area contributed by atoms with Crippen LogP contribution in [0.4, 0.5) is 0 Å². The Labute approximate surface area is 361 Å². The molecular formula is C53H84O6. The number of ether oxygens (including phenoxy) is 3. The molecule has 0 aliphatic rings. The van der Waals surface area contributed by atoms with Gasteiger partial charge in [-0.05, 0) is 51.4 Å². The van der Waals surface area contributed by atoms with Gasteiger partial charge in [0.2, 0.25) is 0 Å². The standard InChI is InChI=1S/C53H84O6/c1-4-7-10-13-16-19-22-25-26-29-31-34-37-40-43-46-52(55)58-49-50(59-53(56)47-44-41-38-35-32-28-24-21-18-15-12-9-6-3)48-57-51(54)45-42-39-36-33-30-27-23-20-17-14-11-8-5-2/h8-9,11-12,14-15,17-18,20-21,23-24,27-28,30,32,35,38,50H,4-7,10,13,16,19,22,25-26,29,31,33-34,36-37,39-49H2,1-3H3/b11-8+,12-9+,17-14+,18-15+,23-20+,24-21+,30-27+,32-28+,38-35+. The molecule has 0 bridgehead atoms. The van der Waals surface area contributed by atoms with Crippen LogP contribution in [0.3, 0.4) is 0 Å². The first-order valence-corrected chi connectivity index (χ1v) is 23.5. The fraction of sp³-hybridized carbons (Fsp3) is 0.604. The molecule has 1 unspecified atom stereocenters. The highest BCUT2D eigenvalue weighted by molar-refractivity contribution is 5.71. The van der Waals surface area contributed by atoms with Gasteiger partial charge in [0.15, 0.2) is 6.10 Å². The third-order valence-corrected chi connectivity index (χ3v) is 9.50. The lowest BCUT2D eigenvalue weighted by atomic mass is 10.0. The lowest BCUT2D eigenvalue weighted by molar-refractivity contribution is -0.167. The largest absolute Gasteiger partial charge is 0.462 e. The summed E-state index contributed by atoms with van der Waals surface area (Å²) in [5.74, 6) is -1.04. The number of hydrogen-bond acceptors (Lipinski definition) is 6. The zero-order valence-electron chi connectivity index (χ0n) is 37.7. The molecule has 0 aromatic heterocycles. The Hall–Kier alpha value is -3.93. The van der Waals surface area contributed by atoms with Crippen molar-refractivity contribution in [2.45, 2.75) is 194 Å². The van der Waals surface area contributed by atoms with E-state index in [-0.39, 0.29) is 31.6 Å². The van der Waals surface area contributed by atoms with Gasteiger partial charge in [0.1, 0.15) is 13.2 Å². The Morgan fingerprint density at radius 3 is 1.08 bits per heavy atom. The molecule has 0 aromatic carbocycles. The average Bonchev–Trinajstić information content (AvgIpc) is 3.23. The first-order chi connectivity index (χ1) is 29.0. The first-order valence-electron chi connectivity index (χ1n) is 23.5. The second-order valence-electron chi connectivity index (χ2n) is 15.1. The van der Waals surface area contributed by atoms with Gasteiger partial charge in [-0.3, -0.25) is 14.4 Å². The van der Waals surface area contributed by atoms with Crippen molar-refractivity contribution in [2.75, 3.05) is 13.2 Å². The van der Waals surface area contributed by atoms with E-state index in [0.717, 1.165) is 64.2 Å². The average molecular weight is 817 g/mol. The molecule has 332 valence electrons. The normalized spacial score (nSPS) is 13.1. The van der Waals surface area contributed by atoms with Crippen LogP contribution in [0.25, 0.3) is 0 Å². The van der Waals surface area contributed by atoms with Gasteiger partial charge in [0, 0.05) is 19.3 Å².